The third-order valence-electron chi connectivity index (χ3n) is 2.96. The molecule has 1 aliphatic rings. The second-order valence-electron chi connectivity index (χ2n) is 4.39. The second-order valence-corrected chi connectivity index (χ2v) is 4.39. The molecule has 0 spiro atoms. The average molecular weight is 259 g/mol. The number of hydrogen-bond donors (Lipinski definition) is 2. The third-order valence-corrected chi connectivity index (χ3v) is 2.96. The maximum Gasteiger partial charge on any atom is 0.317 e. The molecule has 1 aliphatic heterocycles. The van der Waals surface area contributed by atoms with E-state index in [1.165, 1.54) is 0 Å². The summed E-state index contributed by atoms with van der Waals surface area (Å²) in [7, 11) is 1.60. The molecule has 1 saturated heterocycles. The largest absolute Gasteiger partial charge is 0.480 e. The molecule has 0 aromatic carbocycles. The SMILES string of the molecule is COC(C)CNC(=O)N1CCN(CC(=O)O)CC1. The highest BCUT2D eigenvalue weighted by Crippen LogP contribution is 2.01. The van der Waals surface area contributed by atoms with Crippen LogP contribution >= 0.6 is 0 Å². The van der Waals surface area contributed by atoms with Crippen LogP contribution in [0.4, 0.5) is 4.79 Å². The molecule has 0 aliphatic carbocycles. The number of urea groups is 1. The number of methoxy groups -OCH3 is 1. The molecular weight excluding hydrogens is 238 g/mol. The van der Waals surface area contributed by atoms with E-state index in [-0.39, 0.29) is 18.7 Å². The molecule has 1 fully saturated rings. The van der Waals surface area contributed by atoms with Crippen molar-refractivity contribution in [3.8, 4) is 0 Å². The van der Waals surface area contributed by atoms with Crippen LogP contribution in [0.5, 0.6) is 0 Å². The molecule has 2 N–H and O–H groups in total. The summed E-state index contributed by atoms with van der Waals surface area (Å²) in [5.41, 5.74) is 0. The summed E-state index contributed by atoms with van der Waals surface area (Å²) in [6, 6.07) is -0.117. The Bertz CT molecular complexity index is 290. The number of nitrogens with one attached hydrogen (secondary N) is 1. The summed E-state index contributed by atoms with van der Waals surface area (Å²) < 4.78 is 5.04. The first-order valence-electron chi connectivity index (χ1n) is 6.02. The molecule has 1 rings (SSSR count). The molecule has 7 nitrogen and oxygen atoms in total. The molecule has 0 aromatic rings. The van der Waals surface area contributed by atoms with E-state index in [0.29, 0.717) is 32.7 Å². The number of carbonyl (C=O) groups is 2. The number of nitrogens with zero attached hydrogens (tertiary/aromatic N) is 2. The van der Waals surface area contributed by atoms with Gasteiger partial charge in [-0.15, -0.1) is 0 Å². The first-order valence-corrected chi connectivity index (χ1v) is 6.02. The molecule has 0 radical (unpaired) electrons. The molecule has 0 saturated carbocycles. The number of ether oxygens (including phenoxy) is 1. The number of aliphatic carboxylic acids is 1. The van der Waals surface area contributed by atoms with E-state index in [2.05, 4.69) is 5.32 Å². The average Bonchev–Trinajstić information content (AvgIpc) is 2.35. The number of carboxylic acid groups (broad SMARTS) is 1. The zero-order chi connectivity index (χ0) is 13.5. The Morgan fingerprint density at radius 1 is 1.33 bits per heavy atom. The van der Waals surface area contributed by atoms with Crippen LogP contribution < -0.4 is 5.32 Å². The Morgan fingerprint density at radius 2 is 1.94 bits per heavy atom. The number of carboxylic acids is 1. The monoisotopic (exact) mass is 259 g/mol. The maximum atomic E-state index is 11.8. The van der Waals surface area contributed by atoms with Gasteiger partial charge in [0.2, 0.25) is 0 Å². The van der Waals surface area contributed by atoms with E-state index in [0.717, 1.165) is 0 Å². The minimum absolute atomic E-state index is 0.0118. The highest BCUT2D eigenvalue weighted by molar-refractivity contribution is 5.74. The predicted octanol–water partition coefficient (Wildman–Crippen LogP) is -0.567. The standard InChI is InChI=1S/C11H21N3O4/c1-9(18-2)7-12-11(17)14-5-3-13(4-6-14)8-10(15)16/h9H,3-8H2,1-2H3,(H,12,17)(H,15,16). The Kier molecular flexibility index (Phi) is 5.87. The topological polar surface area (TPSA) is 82.1 Å². The maximum absolute atomic E-state index is 11.8. The number of piperazine rings is 1. The molecule has 104 valence electrons. The second kappa shape index (κ2) is 7.17. The van der Waals surface area contributed by atoms with Crippen molar-refractivity contribution in [3.63, 3.8) is 0 Å². The van der Waals surface area contributed by atoms with Gasteiger partial charge in [-0.2, -0.15) is 0 Å². The van der Waals surface area contributed by atoms with Gasteiger partial charge >= 0.3 is 12.0 Å². The molecule has 18 heavy (non-hydrogen) atoms. The number of amides is 2. The summed E-state index contributed by atoms with van der Waals surface area (Å²) >= 11 is 0. The van der Waals surface area contributed by atoms with Crippen molar-refractivity contribution in [1.82, 2.24) is 15.1 Å². The van der Waals surface area contributed by atoms with Gasteiger partial charge in [0.15, 0.2) is 0 Å². The molecule has 7 heteroatoms. The lowest BCUT2D eigenvalue weighted by Gasteiger charge is -2.33. The lowest BCUT2D eigenvalue weighted by molar-refractivity contribution is -0.138. The highest BCUT2D eigenvalue weighted by atomic mass is 16.5. The van der Waals surface area contributed by atoms with Crippen LogP contribution in [0.1, 0.15) is 6.92 Å². The first-order chi connectivity index (χ1) is 8.52. The Labute approximate surface area is 107 Å². The van der Waals surface area contributed by atoms with E-state index in [1.807, 2.05) is 11.8 Å². The number of carbonyl (C=O) groups excluding carboxylic acids is 1. The number of rotatable bonds is 5. The van der Waals surface area contributed by atoms with Gasteiger partial charge in [0.1, 0.15) is 0 Å². The minimum atomic E-state index is -0.832. The van der Waals surface area contributed by atoms with E-state index < -0.39 is 5.97 Å². The Balaban J connectivity index is 2.25. The van der Waals surface area contributed by atoms with Gasteiger partial charge in [-0.1, -0.05) is 0 Å². The predicted molar refractivity (Wildman–Crippen MR) is 65.5 cm³/mol. The van der Waals surface area contributed by atoms with Crippen LogP contribution in [0.2, 0.25) is 0 Å². The lowest BCUT2D eigenvalue weighted by atomic mass is 10.3. The summed E-state index contributed by atoms with van der Waals surface area (Å²) in [4.78, 5) is 25.8. The quantitative estimate of drug-likeness (QED) is 0.691. The summed E-state index contributed by atoms with van der Waals surface area (Å²) in [5, 5.41) is 11.5. The normalized spacial score (nSPS) is 18.4. The molecule has 1 unspecified atom stereocenters. The zero-order valence-corrected chi connectivity index (χ0v) is 10.9. The van der Waals surface area contributed by atoms with Crippen LogP contribution in [-0.2, 0) is 9.53 Å². The van der Waals surface area contributed by atoms with Crippen molar-refractivity contribution in [3.05, 3.63) is 0 Å². The Morgan fingerprint density at radius 3 is 2.44 bits per heavy atom. The summed E-state index contributed by atoms with van der Waals surface area (Å²) in [6.07, 6.45) is -0.0118. The van der Waals surface area contributed by atoms with Crippen molar-refractivity contribution in [2.45, 2.75) is 13.0 Å². The van der Waals surface area contributed by atoms with Crippen LogP contribution in [0, 0.1) is 0 Å². The number of hydrogen-bond acceptors (Lipinski definition) is 4. The first kappa shape index (κ1) is 14.7. The van der Waals surface area contributed by atoms with Crippen molar-refractivity contribution in [2.24, 2.45) is 0 Å². The molecular formula is C11H21N3O4. The smallest absolute Gasteiger partial charge is 0.317 e. The van der Waals surface area contributed by atoms with E-state index >= 15 is 0 Å². The fraction of sp³-hybridized carbons (Fsp3) is 0.818. The van der Waals surface area contributed by atoms with Crippen LogP contribution in [0.15, 0.2) is 0 Å². The highest BCUT2D eigenvalue weighted by Gasteiger charge is 2.22. The van der Waals surface area contributed by atoms with Crippen LogP contribution in [0.25, 0.3) is 0 Å². The molecule has 0 bridgehead atoms. The summed E-state index contributed by atoms with van der Waals surface area (Å²) in [6.45, 7) is 4.70. The van der Waals surface area contributed by atoms with Gasteiger partial charge in [0.05, 0.1) is 12.6 Å². The zero-order valence-electron chi connectivity index (χ0n) is 10.9. The lowest BCUT2D eigenvalue weighted by Crippen LogP contribution is -2.53. The summed E-state index contributed by atoms with van der Waals surface area (Å²) in [5.74, 6) is -0.832. The van der Waals surface area contributed by atoms with E-state index in [1.54, 1.807) is 12.0 Å². The van der Waals surface area contributed by atoms with Gasteiger partial charge in [-0.3, -0.25) is 9.69 Å². The third kappa shape index (κ3) is 4.89. The fourth-order valence-electron chi connectivity index (χ4n) is 1.73. The van der Waals surface area contributed by atoms with Crippen molar-refractivity contribution >= 4 is 12.0 Å². The molecule has 2 amide bonds. The fourth-order valence-corrected chi connectivity index (χ4v) is 1.73. The van der Waals surface area contributed by atoms with Crippen LogP contribution in [0.3, 0.4) is 0 Å². The molecule has 1 atom stereocenters. The van der Waals surface area contributed by atoms with Gasteiger partial charge in [0.25, 0.3) is 0 Å². The Hall–Kier alpha value is -1.34. The van der Waals surface area contributed by atoms with Gasteiger partial charge in [-0.25, -0.2) is 4.79 Å². The van der Waals surface area contributed by atoms with Gasteiger partial charge in [0, 0.05) is 39.8 Å². The van der Waals surface area contributed by atoms with Gasteiger partial charge < -0.3 is 20.1 Å². The van der Waals surface area contributed by atoms with Gasteiger partial charge in [-0.05, 0) is 6.92 Å². The van der Waals surface area contributed by atoms with Crippen molar-refractivity contribution < 1.29 is 19.4 Å². The molecule has 0 aromatic heterocycles. The van der Waals surface area contributed by atoms with Crippen molar-refractivity contribution in [2.75, 3.05) is 46.4 Å². The van der Waals surface area contributed by atoms with E-state index in [9.17, 15) is 9.59 Å². The van der Waals surface area contributed by atoms with Crippen molar-refractivity contribution in [1.29, 1.82) is 0 Å². The molecule has 1 heterocycles. The van der Waals surface area contributed by atoms with Crippen LogP contribution in [-0.4, -0.2) is 79.4 Å². The van der Waals surface area contributed by atoms with E-state index in [4.69, 9.17) is 9.84 Å². The minimum Gasteiger partial charge on any atom is -0.480 e.